The van der Waals surface area contributed by atoms with E-state index in [0.29, 0.717) is 15.6 Å². The molecular weight excluding hydrogens is 400 g/mol. The minimum Gasteiger partial charge on any atom is -0.348 e. The van der Waals surface area contributed by atoms with Crippen molar-refractivity contribution in [1.82, 2.24) is 10.3 Å². The second kappa shape index (κ2) is 8.48. The third kappa shape index (κ3) is 4.72. The van der Waals surface area contributed by atoms with E-state index in [1.54, 1.807) is 17.6 Å². The second-order valence-corrected chi connectivity index (χ2v) is 7.27. The summed E-state index contributed by atoms with van der Waals surface area (Å²) >= 11 is 8.09. The lowest BCUT2D eigenvalue weighted by Gasteiger charge is -2.08. The fourth-order valence-electron chi connectivity index (χ4n) is 2.03. The Hall–Kier alpha value is -2.16. The molecule has 0 unspecified atom stereocenters. The zero-order chi connectivity index (χ0) is 18.5. The molecule has 4 nitrogen and oxygen atoms in total. The maximum absolute atomic E-state index is 14.2. The number of thiazole rings is 1. The lowest BCUT2D eigenvalue weighted by Crippen LogP contribution is -2.23. The molecule has 1 heterocycles. The molecule has 0 saturated heterocycles. The number of benzene rings is 2. The number of carbonyl (C=O) groups is 1. The zero-order valence-electron chi connectivity index (χ0n) is 13.1. The average molecular weight is 412 g/mol. The molecule has 0 bridgehead atoms. The summed E-state index contributed by atoms with van der Waals surface area (Å²) in [6.45, 7) is 0.108. The van der Waals surface area contributed by atoms with Crippen molar-refractivity contribution in [3.8, 4) is 0 Å². The Morgan fingerprint density at radius 1 is 1.19 bits per heavy atom. The van der Waals surface area contributed by atoms with Crippen molar-refractivity contribution in [2.45, 2.75) is 11.4 Å². The summed E-state index contributed by atoms with van der Waals surface area (Å²) in [7, 11) is 0. The normalized spacial score (nSPS) is 10.6. The van der Waals surface area contributed by atoms with E-state index in [-0.39, 0.29) is 17.1 Å². The molecule has 0 radical (unpaired) electrons. The molecule has 3 aromatic rings. The number of amides is 1. The standard InChI is InChI=1S/C17H12ClF2N3OS2/c18-12-3-1-10(7-13(12)19)9-22-16(24)11-2-4-15(14(20)8-11)26-23-17-21-5-6-25-17/h1-8H,9H2,(H,21,23)(H,22,24). The maximum Gasteiger partial charge on any atom is 0.251 e. The Morgan fingerprint density at radius 3 is 2.73 bits per heavy atom. The molecule has 0 saturated carbocycles. The molecule has 26 heavy (non-hydrogen) atoms. The van der Waals surface area contributed by atoms with Crippen LogP contribution in [0.3, 0.4) is 0 Å². The SMILES string of the molecule is O=C(NCc1ccc(Cl)c(F)c1)c1ccc(SNc2nccs2)c(F)c1. The quantitative estimate of drug-likeness (QED) is 0.552. The molecule has 0 aliphatic rings. The number of aromatic nitrogens is 1. The molecule has 3 rings (SSSR count). The predicted molar refractivity (Wildman–Crippen MR) is 101 cm³/mol. The highest BCUT2D eigenvalue weighted by atomic mass is 35.5. The molecule has 0 aliphatic heterocycles. The van der Waals surface area contributed by atoms with Gasteiger partial charge in [0.05, 0.1) is 9.92 Å². The molecule has 2 aromatic carbocycles. The lowest BCUT2D eigenvalue weighted by atomic mass is 10.2. The second-order valence-electron chi connectivity index (χ2n) is 5.12. The van der Waals surface area contributed by atoms with Crippen molar-refractivity contribution in [2.75, 3.05) is 4.72 Å². The molecule has 2 N–H and O–H groups in total. The zero-order valence-corrected chi connectivity index (χ0v) is 15.5. The fourth-order valence-corrected chi connectivity index (χ4v) is 3.38. The molecule has 0 aliphatic carbocycles. The first kappa shape index (κ1) is 18.6. The molecule has 1 aromatic heterocycles. The van der Waals surface area contributed by atoms with Gasteiger partial charge < -0.3 is 10.0 Å². The van der Waals surface area contributed by atoms with Crippen LogP contribution in [-0.4, -0.2) is 10.9 Å². The van der Waals surface area contributed by atoms with Crippen LogP contribution in [0, 0.1) is 11.6 Å². The molecule has 0 spiro atoms. The lowest BCUT2D eigenvalue weighted by molar-refractivity contribution is 0.0950. The van der Waals surface area contributed by atoms with E-state index < -0.39 is 17.5 Å². The summed E-state index contributed by atoms with van der Waals surface area (Å²) in [5, 5.41) is 5.10. The average Bonchev–Trinajstić information content (AvgIpc) is 3.15. The van der Waals surface area contributed by atoms with Gasteiger partial charge in [-0.2, -0.15) is 0 Å². The van der Waals surface area contributed by atoms with Gasteiger partial charge in [-0.05, 0) is 47.8 Å². The summed E-state index contributed by atoms with van der Waals surface area (Å²) in [6.07, 6.45) is 1.64. The molecule has 0 fully saturated rings. The number of anilines is 1. The molecule has 134 valence electrons. The topological polar surface area (TPSA) is 54.0 Å². The number of carbonyl (C=O) groups excluding carboxylic acids is 1. The van der Waals surface area contributed by atoms with E-state index in [9.17, 15) is 13.6 Å². The molecular formula is C17H12ClF2N3OS2. The van der Waals surface area contributed by atoms with E-state index in [0.717, 1.165) is 18.0 Å². The summed E-state index contributed by atoms with van der Waals surface area (Å²) in [4.78, 5) is 16.5. The van der Waals surface area contributed by atoms with E-state index in [2.05, 4.69) is 15.0 Å². The van der Waals surface area contributed by atoms with Crippen LogP contribution in [0.2, 0.25) is 5.02 Å². The van der Waals surface area contributed by atoms with Crippen molar-refractivity contribution in [3.05, 3.63) is 75.8 Å². The van der Waals surface area contributed by atoms with Crippen molar-refractivity contribution in [2.24, 2.45) is 0 Å². The molecule has 9 heteroatoms. The highest BCUT2D eigenvalue weighted by Crippen LogP contribution is 2.25. The van der Waals surface area contributed by atoms with Gasteiger partial charge in [0.1, 0.15) is 11.6 Å². The number of hydrogen-bond acceptors (Lipinski definition) is 5. The number of halogens is 3. The van der Waals surface area contributed by atoms with E-state index >= 15 is 0 Å². The van der Waals surface area contributed by atoms with Gasteiger partial charge in [0, 0.05) is 23.7 Å². The smallest absolute Gasteiger partial charge is 0.251 e. The fraction of sp³-hybridized carbons (Fsp3) is 0.0588. The summed E-state index contributed by atoms with van der Waals surface area (Å²) < 4.78 is 30.5. The van der Waals surface area contributed by atoms with Gasteiger partial charge in [-0.1, -0.05) is 17.7 Å². The van der Waals surface area contributed by atoms with Gasteiger partial charge >= 0.3 is 0 Å². The highest BCUT2D eigenvalue weighted by Gasteiger charge is 2.11. The van der Waals surface area contributed by atoms with Gasteiger partial charge in [0.15, 0.2) is 5.13 Å². The number of nitrogens with one attached hydrogen (secondary N) is 2. The third-order valence-electron chi connectivity index (χ3n) is 3.31. The largest absolute Gasteiger partial charge is 0.348 e. The number of nitrogens with zero attached hydrogens (tertiary/aromatic N) is 1. The van der Waals surface area contributed by atoms with Crippen LogP contribution in [0.1, 0.15) is 15.9 Å². The Morgan fingerprint density at radius 2 is 2.04 bits per heavy atom. The van der Waals surface area contributed by atoms with Crippen LogP contribution in [0.25, 0.3) is 0 Å². The summed E-state index contributed by atoms with van der Waals surface area (Å²) in [5.74, 6) is -1.54. The molecule has 0 atom stereocenters. The molecule has 1 amide bonds. The first-order chi connectivity index (χ1) is 12.5. The Bertz CT molecular complexity index is 922. The van der Waals surface area contributed by atoms with Crippen molar-refractivity contribution in [1.29, 1.82) is 0 Å². The Kier molecular flexibility index (Phi) is 6.08. The van der Waals surface area contributed by atoms with Crippen molar-refractivity contribution < 1.29 is 13.6 Å². The maximum atomic E-state index is 14.2. The summed E-state index contributed by atoms with van der Waals surface area (Å²) in [6, 6.07) is 8.46. The van der Waals surface area contributed by atoms with Gasteiger partial charge in [-0.25, -0.2) is 13.8 Å². The van der Waals surface area contributed by atoms with Crippen LogP contribution in [0.15, 0.2) is 52.9 Å². The first-order valence-corrected chi connectivity index (χ1v) is 9.44. The van der Waals surface area contributed by atoms with Crippen LogP contribution in [-0.2, 0) is 6.54 Å². The monoisotopic (exact) mass is 411 g/mol. The van der Waals surface area contributed by atoms with Gasteiger partial charge in [0.2, 0.25) is 0 Å². The van der Waals surface area contributed by atoms with E-state index in [4.69, 9.17) is 11.6 Å². The number of hydrogen-bond donors (Lipinski definition) is 2. The highest BCUT2D eigenvalue weighted by molar-refractivity contribution is 8.00. The minimum absolute atomic E-state index is 0.0154. The minimum atomic E-state index is -0.557. The summed E-state index contributed by atoms with van der Waals surface area (Å²) in [5.41, 5.74) is 0.732. The van der Waals surface area contributed by atoms with Crippen LogP contribution >= 0.6 is 34.9 Å². The Balaban J connectivity index is 1.60. The Labute approximate surface area is 161 Å². The van der Waals surface area contributed by atoms with Crippen molar-refractivity contribution in [3.63, 3.8) is 0 Å². The van der Waals surface area contributed by atoms with Gasteiger partial charge in [-0.15, -0.1) is 11.3 Å². The van der Waals surface area contributed by atoms with Crippen LogP contribution < -0.4 is 10.0 Å². The van der Waals surface area contributed by atoms with Crippen LogP contribution in [0.5, 0.6) is 0 Å². The van der Waals surface area contributed by atoms with Crippen LogP contribution in [0.4, 0.5) is 13.9 Å². The third-order valence-corrected chi connectivity index (χ3v) is 5.28. The predicted octanol–water partition coefficient (Wildman–Crippen LogP) is 5.12. The van der Waals surface area contributed by atoms with Crippen molar-refractivity contribution >= 4 is 45.9 Å². The first-order valence-electron chi connectivity index (χ1n) is 7.37. The van der Waals surface area contributed by atoms with E-state index in [1.807, 2.05) is 0 Å². The number of rotatable bonds is 6. The van der Waals surface area contributed by atoms with Gasteiger partial charge in [0.25, 0.3) is 5.91 Å². The van der Waals surface area contributed by atoms with E-state index in [1.165, 1.54) is 35.6 Å². The van der Waals surface area contributed by atoms with Gasteiger partial charge in [-0.3, -0.25) is 4.79 Å².